The number of benzene rings is 4. The Balaban J connectivity index is 1.38. The number of aliphatic hydroxyl groups is 1. The average Bonchev–Trinajstić information content (AvgIpc) is 3.02. The van der Waals surface area contributed by atoms with Crippen LogP contribution in [0.25, 0.3) is 11.1 Å². The molecule has 0 spiro atoms. The van der Waals surface area contributed by atoms with Gasteiger partial charge in [-0.2, -0.15) is 0 Å². The average molecular weight is 663 g/mol. The number of ether oxygens (including phenoxy) is 3. The Morgan fingerprint density at radius 3 is 2.21 bits per heavy atom. The largest absolute Gasteiger partial charge is 0.493 e. The lowest BCUT2D eigenvalue weighted by Crippen LogP contribution is -2.35. The van der Waals surface area contributed by atoms with Crippen molar-refractivity contribution in [3.8, 4) is 28.4 Å². The van der Waals surface area contributed by atoms with E-state index in [1.807, 2.05) is 70.2 Å². The van der Waals surface area contributed by atoms with Crippen molar-refractivity contribution in [1.82, 2.24) is 5.32 Å². The second kappa shape index (κ2) is 15.8. The van der Waals surface area contributed by atoms with Gasteiger partial charge in [0.2, 0.25) is 10.0 Å². The molecule has 4 rings (SSSR count). The van der Waals surface area contributed by atoms with Gasteiger partial charge in [-0.15, -0.1) is 0 Å². The van der Waals surface area contributed by atoms with Gasteiger partial charge in [-0.1, -0.05) is 42.5 Å². The summed E-state index contributed by atoms with van der Waals surface area (Å²) in [5.41, 5.74) is 5.43. The highest BCUT2D eigenvalue weighted by molar-refractivity contribution is 7.92. The number of aromatic carboxylic acids is 1. The monoisotopic (exact) mass is 662 g/mol. The predicted molar refractivity (Wildman–Crippen MR) is 183 cm³/mol. The standard InChI is InChI=1S/C36H42N2O8S/c1-6-44-33-21-27(12-14-30(33)36(40)41)29-18-23(2)35(24(3)19-29)45-17-16-37-25(4)34(39)28-13-15-32(31(20-28)38-47(5,42)43)46-22-26-10-8-7-9-11-26/h7-15,18-21,25,34,37-39H,6,16-17,22H2,1-5H3,(H,40,41)/t25-,34+/m0/s1. The summed E-state index contributed by atoms with van der Waals surface area (Å²) in [6.07, 6.45) is 0.129. The highest BCUT2D eigenvalue weighted by Gasteiger charge is 2.20. The zero-order valence-corrected chi connectivity index (χ0v) is 28.1. The number of carboxylic acids is 1. The number of aliphatic hydroxyl groups excluding tert-OH is 1. The number of rotatable bonds is 16. The molecular formula is C36H42N2O8S. The maximum atomic E-state index is 12.1. The molecule has 0 radical (unpaired) electrons. The number of anilines is 1. The lowest BCUT2D eigenvalue weighted by molar-refractivity contribution is 0.0692. The third-order valence-corrected chi connectivity index (χ3v) is 8.06. The molecule has 0 unspecified atom stereocenters. The van der Waals surface area contributed by atoms with E-state index in [0.29, 0.717) is 36.8 Å². The summed E-state index contributed by atoms with van der Waals surface area (Å²) < 4.78 is 44.2. The number of carboxylic acid groups (broad SMARTS) is 1. The van der Waals surface area contributed by atoms with Gasteiger partial charge in [0, 0.05) is 12.6 Å². The second-order valence-electron chi connectivity index (χ2n) is 11.3. The fourth-order valence-corrected chi connectivity index (χ4v) is 5.77. The summed E-state index contributed by atoms with van der Waals surface area (Å²) in [6.45, 7) is 8.96. The Kier molecular flexibility index (Phi) is 11.9. The Bertz CT molecular complexity index is 1770. The molecule has 11 heteroatoms. The number of hydrogen-bond acceptors (Lipinski definition) is 8. The van der Waals surface area contributed by atoms with Gasteiger partial charge in [0.25, 0.3) is 0 Å². The molecule has 2 atom stereocenters. The molecule has 0 heterocycles. The van der Waals surface area contributed by atoms with Crippen molar-refractivity contribution in [2.45, 2.75) is 46.4 Å². The maximum Gasteiger partial charge on any atom is 0.339 e. The SMILES string of the molecule is CCOc1cc(-c2cc(C)c(OCCN[C@@H](C)[C@@H](O)c3ccc(OCc4ccccc4)c(NS(C)(=O)=O)c3)c(C)c2)ccc1C(=O)O. The summed E-state index contributed by atoms with van der Waals surface area (Å²) in [5.74, 6) is 0.388. The van der Waals surface area contributed by atoms with Crippen molar-refractivity contribution >= 4 is 21.7 Å². The summed E-state index contributed by atoms with van der Waals surface area (Å²) in [7, 11) is -3.60. The summed E-state index contributed by atoms with van der Waals surface area (Å²) >= 11 is 0. The molecule has 0 bridgehead atoms. The number of carbonyl (C=O) groups is 1. The van der Waals surface area contributed by atoms with Crippen LogP contribution < -0.4 is 24.2 Å². The van der Waals surface area contributed by atoms with Crippen LogP contribution in [0.4, 0.5) is 5.69 Å². The first-order chi connectivity index (χ1) is 22.4. The molecule has 250 valence electrons. The first-order valence-corrected chi connectivity index (χ1v) is 17.2. The topological polar surface area (TPSA) is 143 Å². The molecular weight excluding hydrogens is 620 g/mol. The highest BCUT2D eigenvalue weighted by Crippen LogP contribution is 2.34. The molecule has 0 aliphatic rings. The van der Waals surface area contributed by atoms with Gasteiger partial charge in [-0.3, -0.25) is 4.72 Å². The minimum atomic E-state index is -3.60. The predicted octanol–water partition coefficient (Wildman–Crippen LogP) is 6.11. The van der Waals surface area contributed by atoms with E-state index < -0.39 is 22.1 Å². The van der Waals surface area contributed by atoms with Gasteiger partial charge in [-0.25, -0.2) is 13.2 Å². The van der Waals surface area contributed by atoms with Crippen LogP contribution in [0.1, 0.15) is 52.6 Å². The van der Waals surface area contributed by atoms with Crippen molar-refractivity contribution in [2.75, 3.05) is 30.7 Å². The van der Waals surface area contributed by atoms with Crippen molar-refractivity contribution < 1.29 is 37.6 Å². The Morgan fingerprint density at radius 2 is 1.57 bits per heavy atom. The number of hydrogen-bond donors (Lipinski definition) is 4. The smallest absolute Gasteiger partial charge is 0.339 e. The lowest BCUT2D eigenvalue weighted by atomic mass is 9.98. The van der Waals surface area contributed by atoms with Gasteiger partial charge in [0.1, 0.15) is 36.0 Å². The van der Waals surface area contributed by atoms with Crippen LogP contribution >= 0.6 is 0 Å². The minimum Gasteiger partial charge on any atom is -0.493 e. The van der Waals surface area contributed by atoms with Crippen molar-refractivity contribution in [3.63, 3.8) is 0 Å². The molecule has 4 aromatic rings. The Hall–Kier alpha value is -4.58. The first kappa shape index (κ1) is 35.3. The molecule has 47 heavy (non-hydrogen) atoms. The molecule has 0 aliphatic carbocycles. The van der Waals surface area contributed by atoms with Crippen LogP contribution in [0.15, 0.2) is 78.9 Å². The third kappa shape index (κ3) is 9.71. The van der Waals surface area contributed by atoms with E-state index in [0.717, 1.165) is 39.8 Å². The van der Waals surface area contributed by atoms with Crippen LogP contribution in [0.2, 0.25) is 0 Å². The van der Waals surface area contributed by atoms with E-state index >= 15 is 0 Å². The van der Waals surface area contributed by atoms with E-state index in [1.54, 1.807) is 36.4 Å². The highest BCUT2D eigenvalue weighted by atomic mass is 32.2. The zero-order chi connectivity index (χ0) is 34.1. The maximum absolute atomic E-state index is 12.1. The number of sulfonamides is 1. The van der Waals surface area contributed by atoms with Gasteiger partial charge < -0.3 is 29.7 Å². The molecule has 10 nitrogen and oxygen atoms in total. The first-order valence-electron chi connectivity index (χ1n) is 15.3. The molecule has 4 aromatic carbocycles. The van der Waals surface area contributed by atoms with Crippen LogP contribution in [0.3, 0.4) is 0 Å². The van der Waals surface area contributed by atoms with Gasteiger partial charge >= 0.3 is 5.97 Å². The molecule has 4 N–H and O–H groups in total. The van der Waals surface area contributed by atoms with Gasteiger partial charge in [-0.05, 0) is 97.5 Å². The fraction of sp³-hybridized carbons (Fsp3) is 0.306. The molecule has 0 fully saturated rings. The Morgan fingerprint density at radius 1 is 0.872 bits per heavy atom. The molecule has 0 saturated heterocycles. The van der Waals surface area contributed by atoms with Crippen LogP contribution in [-0.4, -0.2) is 56.7 Å². The van der Waals surface area contributed by atoms with E-state index in [-0.39, 0.29) is 23.9 Å². The minimum absolute atomic E-state index is 0.117. The number of aryl methyl sites for hydroxylation is 2. The van der Waals surface area contributed by atoms with Gasteiger partial charge in [0.15, 0.2) is 0 Å². The van der Waals surface area contributed by atoms with Crippen molar-refractivity contribution in [1.29, 1.82) is 0 Å². The molecule has 0 saturated carbocycles. The fourth-order valence-electron chi connectivity index (χ4n) is 5.21. The van der Waals surface area contributed by atoms with Crippen LogP contribution in [-0.2, 0) is 16.6 Å². The summed E-state index contributed by atoms with van der Waals surface area (Å²) in [5, 5.41) is 23.8. The zero-order valence-electron chi connectivity index (χ0n) is 27.2. The molecule has 0 aromatic heterocycles. The van der Waals surface area contributed by atoms with Crippen LogP contribution in [0, 0.1) is 13.8 Å². The molecule has 0 aliphatic heterocycles. The van der Waals surface area contributed by atoms with Crippen molar-refractivity contribution in [3.05, 3.63) is 107 Å². The van der Waals surface area contributed by atoms with E-state index in [9.17, 15) is 23.4 Å². The third-order valence-electron chi connectivity index (χ3n) is 7.47. The van der Waals surface area contributed by atoms with Crippen LogP contribution in [0.5, 0.6) is 17.2 Å². The Labute approximate surface area is 276 Å². The van der Waals surface area contributed by atoms with E-state index in [1.165, 1.54) is 0 Å². The van der Waals surface area contributed by atoms with E-state index in [4.69, 9.17) is 14.2 Å². The normalized spacial score (nSPS) is 12.6. The van der Waals surface area contributed by atoms with Gasteiger partial charge in [0.05, 0.1) is 24.7 Å². The number of nitrogens with one attached hydrogen (secondary N) is 2. The second-order valence-corrected chi connectivity index (χ2v) is 13.1. The van der Waals surface area contributed by atoms with E-state index in [2.05, 4.69) is 10.0 Å². The van der Waals surface area contributed by atoms with Crippen molar-refractivity contribution in [2.24, 2.45) is 0 Å². The quantitative estimate of drug-likeness (QED) is 0.105. The molecule has 0 amide bonds. The summed E-state index contributed by atoms with van der Waals surface area (Å²) in [4.78, 5) is 11.6. The summed E-state index contributed by atoms with van der Waals surface area (Å²) in [6, 6.07) is 23.1. The lowest BCUT2D eigenvalue weighted by Gasteiger charge is -2.23.